The number of thiazole rings is 1. The molecule has 0 saturated carbocycles. The second-order valence-electron chi connectivity index (χ2n) is 3.42. The van der Waals surface area contributed by atoms with E-state index in [0.29, 0.717) is 5.69 Å². The predicted octanol–water partition coefficient (Wildman–Crippen LogP) is 3.67. The molecule has 0 spiro atoms. The van der Waals surface area contributed by atoms with Crippen LogP contribution >= 0.6 is 23.1 Å². The molecule has 1 amide bonds. The number of amides is 1. The minimum Gasteiger partial charge on any atom is -0.320 e. The van der Waals surface area contributed by atoms with Gasteiger partial charge in [-0.2, -0.15) is 0 Å². The standard InChI is InChI=1S/C13H12N2OS2/c1-2-7-18-12-6-4-3-5-10(12)15-13(16)11-8-17-9-14-11/h2-6,8-9H,1,7H2,(H,15,16). The molecule has 0 radical (unpaired) electrons. The van der Waals surface area contributed by atoms with Crippen molar-refractivity contribution in [1.29, 1.82) is 0 Å². The van der Waals surface area contributed by atoms with Gasteiger partial charge in [-0.15, -0.1) is 29.7 Å². The van der Waals surface area contributed by atoms with Crippen molar-refractivity contribution in [3.05, 3.63) is 53.5 Å². The van der Waals surface area contributed by atoms with Crippen LogP contribution in [0.3, 0.4) is 0 Å². The normalized spacial score (nSPS) is 10.0. The van der Waals surface area contributed by atoms with Gasteiger partial charge in [0.2, 0.25) is 0 Å². The molecule has 0 fully saturated rings. The average Bonchev–Trinajstić information content (AvgIpc) is 2.91. The van der Waals surface area contributed by atoms with Gasteiger partial charge in [-0.05, 0) is 12.1 Å². The fourth-order valence-corrected chi connectivity index (χ4v) is 2.63. The monoisotopic (exact) mass is 276 g/mol. The Bertz CT molecular complexity index is 538. The zero-order chi connectivity index (χ0) is 12.8. The molecule has 0 bridgehead atoms. The minimum atomic E-state index is -0.178. The number of benzene rings is 1. The van der Waals surface area contributed by atoms with Crippen molar-refractivity contribution < 1.29 is 4.79 Å². The molecule has 0 unspecified atom stereocenters. The maximum atomic E-state index is 11.9. The first-order valence-electron chi connectivity index (χ1n) is 5.33. The molecule has 0 aliphatic heterocycles. The number of thioether (sulfide) groups is 1. The van der Waals surface area contributed by atoms with Crippen LogP contribution in [0.1, 0.15) is 10.5 Å². The Morgan fingerprint density at radius 2 is 2.33 bits per heavy atom. The molecular weight excluding hydrogens is 264 g/mol. The average molecular weight is 276 g/mol. The molecule has 3 nitrogen and oxygen atoms in total. The zero-order valence-electron chi connectivity index (χ0n) is 9.63. The van der Waals surface area contributed by atoms with Crippen LogP contribution in [-0.4, -0.2) is 16.6 Å². The summed E-state index contributed by atoms with van der Waals surface area (Å²) >= 11 is 3.04. The van der Waals surface area contributed by atoms with Crippen molar-refractivity contribution in [3.8, 4) is 0 Å². The summed E-state index contributed by atoms with van der Waals surface area (Å²) in [4.78, 5) is 16.9. The summed E-state index contributed by atoms with van der Waals surface area (Å²) in [5.41, 5.74) is 2.90. The molecule has 1 heterocycles. The highest BCUT2D eigenvalue weighted by atomic mass is 32.2. The Morgan fingerprint density at radius 1 is 1.50 bits per heavy atom. The van der Waals surface area contributed by atoms with Crippen molar-refractivity contribution in [3.63, 3.8) is 0 Å². The summed E-state index contributed by atoms with van der Waals surface area (Å²) in [7, 11) is 0. The molecule has 92 valence electrons. The van der Waals surface area contributed by atoms with E-state index < -0.39 is 0 Å². The largest absolute Gasteiger partial charge is 0.320 e. The number of nitrogens with zero attached hydrogens (tertiary/aromatic N) is 1. The Balaban J connectivity index is 2.13. The number of hydrogen-bond acceptors (Lipinski definition) is 4. The van der Waals surface area contributed by atoms with Crippen molar-refractivity contribution in [2.24, 2.45) is 0 Å². The van der Waals surface area contributed by atoms with E-state index in [-0.39, 0.29) is 5.91 Å². The summed E-state index contributed by atoms with van der Waals surface area (Å²) in [6, 6.07) is 7.71. The molecule has 0 aliphatic rings. The third-order valence-corrected chi connectivity index (χ3v) is 3.81. The van der Waals surface area contributed by atoms with Gasteiger partial charge in [0.05, 0.1) is 11.2 Å². The van der Waals surface area contributed by atoms with Crippen molar-refractivity contribution in [2.45, 2.75) is 4.90 Å². The molecule has 1 N–H and O–H groups in total. The van der Waals surface area contributed by atoms with Gasteiger partial charge in [0, 0.05) is 16.0 Å². The number of anilines is 1. The topological polar surface area (TPSA) is 42.0 Å². The highest BCUT2D eigenvalue weighted by Crippen LogP contribution is 2.27. The van der Waals surface area contributed by atoms with Gasteiger partial charge in [0.15, 0.2) is 0 Å². The molecule has 0 atom stereocenters. The number of carbonyl (C=O) groups excluding carboxylic acids is 1. The van der Waals surface area contributed by atoms with E-state index >= 15 is 0 Å². The van der Waals surface area contributed by atoms with Crippen molar-refractivity contribution >= 4 is 34.7 Å². The van der Waals surface area contributed by atoms with Crippen molar-refractivity contribution in [1.82, 2.24) is 4.98 Å². The van der Waals surface area contributed by atoms with Crippen LogP contribution in [0.2, 0.25) is 0 Å². The quantitative estimate of drug-likeness (QED) is 0.669. The second-order valence-corrected chi connectivity index (χ2v) is 5.20. The third kappa shape index (κ3) is 3.21. The summed E-state index contributed by atoms with van der Waals surface area (Å²) in [6.45, 7) is 3.69. The summed E-state index contributed by atoms with van der Waals surface area (Å²) in [5.74, 6) is 0.631. The molecule has 5 heteroatoms. The smallest absolute Gasteiger partial charge is 0.275 e. The lowest BCUT2D eigenvalue weighted by atomic mass is 10.3. The van der Waals surface area contributed by atoms with Crippen LogP contribution in [0.25, 0.3) is 0 Å². The Kier molecular flexibility index (Phi) is 4.55. The first kappa shape index (κ1) is 12.9. The van der Waals surface area contributed by atoms with E-state index in [1.165, 1.54) is 11.3 Å². The first-order valence-corrected chi connectivity index (χ1v) is 7.26. The Hall–Kier alpha value is -1.59. The molecule has 0 aliphatic carbocycles. The number of hydrogen-bond donors (Lipinski definition) is 1. The van der Waals surface area contributed by atoms with Gasteiger partial charge in [-0.25, -0.2) is 4.98 Å². The highest BCUT2D eigenvalue weighted by molar-refractivity contribution is 7.99. The first-order chi connectivity index (χ1) is 8.81. The second kappa shape index (κ2) is 6.37. The number of para-hydroxylation sites is 1. The summed E-state index contributed by atoms with van der Waals surface area (Å²) in [5, 5.41) is 4.60. The predicted molar refractivity (Wildman–Crippen MR) is 77.4 cm³/mol. The van der Waals surface area contributed by atoms with E-state index in [4.69, 9.17) is 0 Å². The SMILES string of the molecule is C=CCSc1ccccc1NC(=O)c1cscn1. The van der Waals surface area contributed by atoms with Crippen LogP contribution in [0.5, 0.6) is 0 Å². The van der Waals surface area contributed by atoms with Crippen LogP contribution in [-0.2, 0) is 0 Å². The van der Waals surface area contributed by atoms with Crippen LogP contribution < -0.4 is 5.32 Å². The fourth-order valence-electron chi connectivity index (χ4n) is 1.36. The van der Waals surface area contributed by atoms with Crippen LogP contribution in [0.4, 0.5) is 5.69 Å². The van der Waals surface area contributed by atoms with E-state index in [9.17, 15) is 4.79 Å². The van der Waals surface area contributed by atoms with Gasteiger partial charge in [-0.3, -0.25) is 4.79 Å². The molecule has 2 aromatic rings. The molecule has 0 saturated heterocycles. The summed E-state index contributed by atoms with van der Waals surface area (Å²) < 4.78 is 0. The van der Waals surface area contributed by atoms with Gasteiger partial charge < -0.3 is 5.32 Å². The molecule has 1 aromatic carbocycles. The maximum absolute atomic E-state index is 11.9. The number of carbonyl (C=O) groups is 1. The van der Waals surface area contributed by atoms with Crippen LogP contribution in [0, 0.1) is 0 Å². The van der Waals surface area contributed by atoms with Gasteiger partial charge in [0.25, 0.3) is 5.91 Å². The Labute approximate surface area is 114 Å². The zero-order valence-corrected chi connectivity index (χ0v) is 11.3. The third-order valence-electron chi connectivity index (χ3n) is 2.16. The van der Waals surface area contributed by atoms with E-state index in [1.54, 1.807) is 22.7 Å². The van der Waals surface area contributed by atoms with Gasteiger partial charge in [0.1, 0.15) is 5.69 Å². The van der Waals surface area contributed by atoms with Gasteiger partial charge in [-0.1, -0.05) is 18.2 Å². The van der Waals surface area contributed by atoms with E-state index in [1.807, 2.05) is 30.3 Å². The molecule has 18 heavy (non-hydrogen) atoms. The lowest BCUT2D eigenvalue weighted by Gasteiger charge is -2.08. The van der Waals surface area contributed by atoms with E-state index in [2.05, 4.69) is 16.9 Å². The lowest BCUT2D eigenvalue weighted by Crippen LogP contribution is -2.12. The van der Waals surface area contributed by atoms with Crippen molar-refractivity contribution in [2.75, 3.05) is 11.1 Å². The van der Waals surface area contributed by atoms with Crippen LogP contribution in [0.15, 0.2) is 52.7 Å². The molecule has 1 aromatic heterocycles. The highest BCUT2D eigenvalue weighted by Gasteiger charge is 2.10. The Morgan fingerprint density at radius 3 is 3.06 bits per heavy atom. The minimum absolute atomic E-state index is 0.178. The van der Waals surface area contributed by atoms with E-state index in [0.717, 1.165) is 16.3 Å². The number of rotatable bonds is 5. The molecule has 2 rings (SSSR count). The maximum Gasteiger partial charge on any atom is 0.275 e. The fraction of sp³-hybridized carbons (Fsp3) is 0.0769. The van der Waals surface area contributed by atoms with Gasteiger partial charge >= 0.3 is 0 Å². The lowest BCUT2D eigenvalue weighted by molar-refractivity contribution is 0.102. The number of aromatic nitrogens is 1. The summed E-state index contributed by atoms with van der Waals surface area (Å²) in [6.07, 6.45) is 1.84. The molecular formula is C13H12N2OS2. The number of nitrogens with one attached hydrogen (secondary N) is 1.